The van der Waals surface area contributed by atoms with E-state index in [9.17, 15) is 9.90 Å². The van der Waals surface area contributed by atoms with Crippen LogP contribution in [0.3, 0.4) is 0 Å². The number of carbonyl (C=O) groups excluding carboxylic acids is 1. The maximum atomic E-state index is 10.8. The minimum absolute atomic E-state index is 0. The molecule has 23 heavy (non-hydrogen) atoms. The van der Waals surface area contributed by atoms with Gasteiger partial charge in [-0.3, -0.25) is 9.79 Å². The summed E-state index contributed by atoms with van der Waals surface area (Å²) in [4.78, 5) is 15.3. The summed E-state index contributed by atoms with van der Waals surface area (Å²) < 4.78 is 0. The van der Waals surface area contributed by atoms with E-state index in [-0.39, 0.29) is 42.4 Å². The summed E-state index contributed by atoms with van der Waals surface area (Å²) in [6.45, 7) is 5.93. The molecular formula is C16H27IN4O2. The maximum Gasteiger partial charge on any atom is 0.216 e. The van der Waals surface area contributed by atoms with Crippen LogP contribution < -0.4 is 16.0 Å². The smallest absolute Gasteiger partial charge is 0.216 e. The first-order valence-corrected chi connectivity index (χ1v) is 7.59. The lowest BCUT2D eigenvalue weighted by Crippen LogP contribution is -2.41. The van der Waals surface area contributed by atoms with Gasteiger partial charge in [-0.2, -0.15) is 0 Å². The molecule has 1 rings (SSSR count). The number of nitrogens with one attached hydrogen (secondary N) is 3. The van der Waals surface area contributed by atoms with E-state index in [1.165, 1.54) is 6.92 Å². The number of rotatable bonds is 8. The van der Waals surface area contributed by atoms with E-state index in [0.29, 0.717) is 25.6 Å². The summed E-state index contributed by atoms with van der Waals surface area (Å²) in [5, 5.41) is 18.6. The van der Waals surface area contributed by atoms with Crippen LogP contribution in [0.25, 0.3) is 0 Å². The predicted octanol–water partition coefficient (Wildman–Crippen LogP) is 1.07. The molecule has 0 heterocycles. The van der Waals surface area contributed by atoms with Crippen LogP contribution >= 0.6 is 24.0 Å². The Balaban J connectivity index is 0.00000484. The first-order chi connectivity index (χ1) is 10.7. The highest BCUT2D eigenvalue weighted by atomic mass is 127. The molecule has 130 valence electrons. The molecule has 0 aliphatic carbocycles. The third-order valence-corrected chi connectivity index (χ3v) is 3.10. The number of aliphatic hydroxyl groups excluding tert-OH is 1. The van der Waals surface area contributed by atoms with Crippen LogP contribution in [-0.2, 0) is 4.79 Å². The SMILES string of the molecule is CCNC(=NCC(CO)c1ccccc1)NCCNC(C)=O.I. The van der Waals surface area contributed by atoms with E-state index in [0.717, 1.165) is 12.1 Å². The third kappa shape index (κ3) is 9.39. The Labute approximate surface area is 155 Å². The monoisotopic (exact) mass is 434 g/mol. The molecular weight excluding hydrogens is 407 g/mol. The van der Waals surface area contributed by atoms with Crippen molar-refractivity contribution >= 4 is 35.8 Å². The van der Waals surface area contributed by atoms with Gasteiger partial charge in [0.05, 0.1) is 13.2 Å². The fourth-order valence-corrected chi connectivity index (χ4v) is 1.96. The van der Waals surface area contributed by atoms with Crippen LogP contribution in [-0.4, -0.2) is 49.8 Å². The fourth-order valence-electron chi connectivity index (χ4n) is 1.96. The van der Waals surface area contributed by atoms with Gasteiger partial charge in [0.25, 0.3) is 0 Å². The van der Waals surface area contributed by atoms with Gasteiger partial charge in [0.2, 0.25) is 5.91 Å². The van der Waals surface area contributed by atoms with Crippen molar-refractivity contribution in [2.75, 3.05) is 32.8 Å². The molecule has 0 aromatic heterocycles. The van der Waals surface area contributed by atoms with E-state index in [2.05, 4.69) is 20.9 Å². The summed E-state index contributed by atoms with van der Waals surface area (Å²) >= 11 is 0. The Morgan fingerprint density at radius 1 is 1.17 bits per heavy atom. The fraction of sp³-hybridized carbons (Fsp3) is 0.500. The Bertz CT molecular complexity index is 468. The van der Waals surface area contributed by atoms with Crippen LogP contribution in [0.15, 0.2) is 35.3 Å². The highest BCUT2D eigenvalue weighted by Crippen LogP contribution is 2.14. The van der Waals surface area contributed by atoms with Crippen molar-refractivity contribution in [1.82, 2.24) is 16.0 Å². The van der Waals surface area contributed by atoms with Crippen LogP contribution in [0.2, 0.25) is 0 Å². The zero-order chi connectivity index (χ0) is 16.2. The number of hydrogen-bond acceptors (Lipinski definition) is 3. The van der Waals surface area contributed by atoms with Crippen molar-refractivity contribution in [3.63, 3.8) is 0 Å². The molecule has 0 aliphatic heterocycles. The summed E-state index contributed by atoms with van der Waals surface area (Å²) in [6, 6.07) is 9.85. The number of guanidine groups is 1. The minimum Gasteiger partial charge on any atom is -0.396 e. The van der Waals surface area contributed by atoms with Crippen molar-refractivity contribution < 1.29 is 9.90 Å². The zero-order valence-corrected chi connectivity index (χ0v) is 16.0. The van der Waals surface area contributed by atoms with Gasteiger partial charge in [0.1, 0.15) is 0 Å². The van der Waals surface area contributed by atoms with Crippen LogP contribution in [0.4, 0.5) is 0 Å². The molecule has 1 aromatic rings. The highest BCUT2D eigenvalue weighted by molar-refractivity contribution is 14.0. The second-order valence-corrected chi connectivity index (χ2v) is 4.92. The topological polar surface area (TPSA) is 85.8 Å². The van der Waals surface area contributed by atoms with Crippen LogP contribution in [0.5, 0.6) is 0 Å². The molecule has 1 amide bonds. The summed E-state index contributed by atoms with van der Waals surface area (Å²) in [5.41, 5.74) is 1.07. The molecule has 0 saturated carbocycles. The molecule has 1 atom stereocenters. The molecule has 0 saturated heterocycles. The molecule has 4 N–H and O–H groups in total. The van der Waals surface area contributed by atoms with Gasteiger partial charge in [-0.05, 0) is 12.5 Å². The lowest BCUT2D eigenvalue weighted by atomic mass is 10.0. The number of amides is 1. The van der Waals surface area contributed by atoms with E-state index in [4.69, 9.17) is 0 Å². The standard InChI is InChI=1S/C16H26N4O2.HI/c1-3-17-16(19-10-9-18-13(2)22)20-11-15(12-21)14-7-5-4-6-8-14;/h4-8,15,21H,3,9-12H2,1-2H3,(H,18,22)(H2,17,19,20);1H. The van der Waals surface area contributed by atoms with E-state index >= 15 is 0 Å². The first-order valence-electron chi connectivity index (χ1n) is 7.59. The summed E-state index contributed by atoms with van der Waals surface area (Å²) in [7, 11) is 0. The number of halogens is 1. The molecule has 1 unspecified atom stereocenters. The van der Waals surface area contributed by atoms with Gasteiger partial charge in [0, 0.05) is 32.5 Å². The zero-order valence-electron chi connectivity index (χ0n) is 13.7. The third-order valence-electron chi connectivity index (χ3n) is 3.10. The lowest BCUT2D eigenvalue weighted by Gasteiger charge is -2.15. The number of benzene rings is 1. The van der Waals surface area contributed by atoms with Crippen molar-refractivity contribution in [1.29, 1.82) is 0 Å². The highest BCUT2D eigenvalue weighted by Gasteiger charge is 2.09. The number of hydrogen-bond donors (Lipinski definition) is 4. The molecule has 0 radical (unpaired) electrons. The number of aliphatic imine (C=N–C) groups is 1. The molecule has 6 nitrogen and oxygen atoms in total. The largest absolute Gasteiger partial charge is 0.396 e. The summed E-state index contributed by atoms with van der Waals surface area (Å²) in [5.74, 6) is 0.613. The second kappa shape index (κ2) is 13.1. The van der Waals surface area contributed by atoms with Crippen molar-refractivity contribution in [2.24, 2.45) is 4.99 Å². The Morgan fingerprint density at radius 3 is 2.39 bits per heavy atom. The van der Waals surface area contributed by atoms with E-state index in [1.54, 1.807) is 0 Å². The van der Waals surface area contributed by atoms with Gasteiger partial charge in [-0.1, -0.05) is 30.3 Å². The Morgan fingerprint density at radius 2 is 1.83 bits per heavy atom. The minimum atomic E-state index is -0.0480. The quantitative estimate of drug-likeness (QED) is 0.214. The van der Waals surface area contributed by atoms with Gasteiger partial charge >= 0.3 is 0 Å². The molecule has 1 aromatic carbocycles. The normalized spacial score (nSPS) is 12.0. The maximum absolute atomic E-state index is 10.8. The Hall–Kier alpha value is -1.35. The number of nitrogens with zero attached hydrogens (tertiary/aromatic N) is 1. The van der Waals surface area contributed by atoms with E-state index in [1.807, 2.05) is 37.3 Å². The average Bonchev–Trinajstić information content (AvgIpc) is 2.52. The predicted molar refractivity (Wildman–Crippen MR) is 104 cm³/mol. The van der Waals surface area contributed by atoms with Gasteiger partial charge in [0.15, 0.2) is 5.96 Å². The molecule has 0 spiro atoms. The van der Waals surface area contributed by atoms with Crippen molar-refractivity contribution in [3.05, 3.63) is 35.9 Å². The summed E-state index contributed by atoms with van der Waals surface area (Å²) in [6.07, 6.45) is 0. The average molecular weight is 434 g/mol. The van der Waals surface area contributed by atoms with Crippen LogP contribution in [0, 0.1) is 0 Å². The molecule has 0 aliphatic rings. The van der Waals surface area contributed by atoms with Gasteiger partial charge < -0.3 is 21.1 Å². The second-order valence-electron chi connectivity index (χ2n) is 4.92. The molecule has 0 bridgehead atoms. The molecule has 0 fully saturated rings. The van der Waals surface area contributed by atoms with Crippen LogP contribution in [0.1, 0.15) is 25.3 Å². The van der Waals surface area contributed by atoms with Gasteiger partial charge in [-0.15, -0.1) is 24.0 Å². The molecule has 7 heteroatoms. The van der Waals surface area contributed by atoms with Crippen molar-refractivity contribution in [2.45, 2.75) is 19.8 Å². The van der Waals surface area contributed by atoms with Gasteiger partial charge in [-0.25, -0.2) is 0 Å². The van der Waals surface area contributed by atoms with E-state index < -0.39 is 0 Å². The number of carbonyl (C=O) groups is 1. The van der Waals surface area contributed by atoms with Crippen molar-refractivity contribution in [3.8, 4) is 0 Å². The number of aliphatic hydroxyl groups is 1. The Kier molecular flexibility index (Phi) is 12.4. The first kappa shape index (κ1) is 21.6. The lowest BCUT2D eigenvalue weighted by molar-refractivity contribution is -0.118.